The highest BCUT2D eigenvalue weighted by Crippen LogP contribution is 2.17. The van der Waals surface area contributed by atoms with Gasteiger partial charge in [-0.25, -0.2) is 4.79 Å². The molecule has 3 saturated heterocycles. The summed E-state index contributed by atoms with van der Waals surface area (Å²) < 4.78 is 0. The smallest absolute Gasteiger partial charge is 0.317 e. The van der Waals surface area contributed by atoms with E-state index in [1.165, 1.54) is 0 Å². The van der Waals surface area contributed by atoms with Gasteiger partial charge in [0.05, 0.1) is 12.1 Å². The van der Waals surface area contributed by atoms with Crippen molar-refractivity contribution in [1.82, 2.24) is 20.4 Å². The van der Waals surface area contributed by atoms with Crippen LogP contribution in [0.5, 0.6) is 0 Å². The van der Waals surface area contributed by atoms with E-state index in [1.54, 1.807) is 11.8 Å². The summed E-state index contributed by atoms with van der Waals surface area (Å²) in [6, 6.07) is 0.141. The molecule has 94 valence electrons. The second-order valence-corrected chi connectivity index (χ2v) is 5.62. The Morgan fingerprint density at radius 2 is 2.29 bits per heavy atom. The van der Waals surface area contributed by atoms with Crippen molar-refractivity contribution < 1.29 is 9.59 Å². The number of thioether (sulfide) groups is 1. The number of nitrogens with one attached hydrogen (secondary N) is 2. The molecule has 0 saturated carbocycles. The first-order chi connectivity index (χ1) is 8.25. The number of carbonyl (C=O) groups excluding carboxylic acids is 2. The lowest BCUT2D eigenvalue weighted by molar-refractivity contribution is -0.134. The standard InChI is InChI=1S/C10H16N4O2S/c15-9(8-5-17-6-12-8)13-1-2-14-7(4-13)3-11-10(14)16/h7-8,12H,1-6H2,(H,11,16). The Balaban J connectivity index is 1.62. The van der Waals surface area contributed by atoms with Crippen molar-refractivity contribution in [3.8, 4) is 0 Å². The Morgan fingerprint density at radius 1 is 1.41 bits per heavy atom. The minimum absolute atomic E-state index is 0.0108. The molecule has 0 aromatic heterocycles. The molecule has 0 bridgehead atoms. The molecule has 3 amide bonds. The second kappa shape index (κ2) is 4.38. The summed E-state index contributed by atoms with van der Waals surface area (Å²) in [6.45, 7) is 2.64. The Morgan fingerprint density at radius 3 is 3.06 bits per heavy atom. The molecule has 3 heterocycles. The molecule has 2 unspecified atom stereocenters. The van der Waals surface area contributed by atoms with Gasteiger partial charge in [-0.1, -0.05) is 0 Å². The number of nitrogens with zero attached hydrogens (tertiary/aromatic N) is 2. The average molecular weight is 256 g/mol. The van der Waals surface area contributed by atoms with Gasteiger partial charge < -0.3 is 15.1 Å². The first-order valence-corrected chi connectivity index (χ1v) is 7.05. The summed E-state index contributed by atoms with van der Waals surface area (Å²) >= 11 is 1.76. The molecule has 3 aliphatic rings. The molecule has 3 rings (SSSR count). The van der Waals surface area contributed by atoms with Crippen LogP contribution in [0.15, 0.2) is 0 Å². The summed E-state index contributed by atoms with van der Waals surface area (Å²) in [6.07, 6.45) is 0. The third-order valence-electron chi connectivity index (χ3n) is 3.56. The Kier molecular flexibility index (Phi) is 2.87. The molecule has 2 N–H and O–H groups in total. The van der Waals surface area contributed by atoms with Crippen LogP contribution >= 0.6 is 11.8 Å². The van der Waals surface area contributed by atoms with Gasteiger partial charge in [-0.2, -0.15) is 0 Å². The van der Waals surface area contributed by atoms with Gasteiger partial charge in [0.2, 0.25) is 5.91 Å². The summed E-state index contributed by atoms with van der Waals surface area (Å²) in [5, 5.41) is 6.02. The molecule has 0 aromatic rings. The predicted molar refractivity (Wildman–Crippen MR) is 64.7 cm³/mol. The molecule has 7 heteroatoms. The van der Waals surface area contributed by atoms with Gasteiger partial charge in [-0.05, 0) is 0 Å². The lowest BCUT2D eigenvalue weighted by atomic mass is 10.1. The zero-order chi connectivity index (χ0) is 11.8. The number of rotatable bonds is 1. The van der Waals surface area contributed by atoms with E-state index in [0.717, 1.165) is 11.6 Å². The summed E-state index contributed by atoms with van der Waals surface area (Å²) in [5.41, 5.74) is 0. The van der Waals surface area contributed by atoms with Gasteiger partial charge in [0.1, 0.15) is 0 Å². The van der Waals surface area contributed by atoms with Gasteiger partial charge in [0.15, 0.2) is 0 Å². The molecule has 0 spiro atoms. The molecule has 0 aliphatic carbocycles. The topological polar surface area (TPSA) is 64.7 Å². The first kappa shape index (κ1) is 11.2. The largest absolute Gasteiger partial charge is 0.337 e. The lowest BCUT2D eigenvalue weighted by Crippen LogP contribution is -2.57. The molecule has 2 atom stereocenters. The Hall–Kier alpha value is -0.950. The van der Waals surface area contributed by atoms with Crippen molar-refractivity contribution in [3.63, 3.8) is 0 Å². The molecule has 0 aromatic carbocycles. The molecular formula is C10H16N4O2S. The highest BCUT2D eigenvalue weighted by atomic mass is 32.2. The number of carbonyl (C=O) groups is 2. The van der Waals surface area contributed by atoms with Gasteiger partial charge in [-0.3, -0.25) is 10.1 Å². The Bertz CT molecular complexity index is 345. The maximum absolute atomic E-state index is 12.2. The number of fused-ring (bicyclic) bond motifs is 1. The third-order valence-corrected chi connectivity index (χ3v) is 4.50. The van der Waals surface area contributed by atoms with Crippen LogP contribution in [0.2, 0.25) is 0 Å². The highest BCUT2D eigenvalue weighted by Gasteiger charge is 2.38. The van der Waals surface area contributed by atoms with Crippen LogP contribution in [0, 0.1) is 0 Å². The number of amides is 3. The fraction of sp³-hybridized carbons (Fsp3) is 0.800. The van der Waals surface area contributed by atoms with Gasteiger partial charge in [0.25, 0.3) is 0 Å². The van der Waals surface area contributed by atoms with Crippen LogP contribution < -0.4 is 10.6 Å². The third kappa shape index (κ3) is 1.97. The van der Waals surface area contributed by atoms with Crippen LogP contribution in [0.4, 0.5) is 4.79 Å². The second-order valence-electron chi connectivity index (χ2n) is 4.59. The molecular weight excluding hydrogens is 240 g/mol. The first-order valence-electron chi connectivity index (χ1n) is 5.90. The minimum Gasteiger partial charge on any atom is -0.337 e. The van der Waals surface area contributed by atoms with Gasteiger partial charge in [-0.15, -0.1) is 11.8 Å². The van der Waals surface area contributed by atoms with E-state index < -0.39 is 0 Å². The summed E-state index contributed by atoms with van der Waals surface area (Å²) in [4.78, 5) is 27.4. The zero-order valence-corrected chi connectivity index (χ0v) is 10.3. The number of urea groups is 1. The zero-order valence-electron chi connectivity index (χ0n) is 9.52. The maximum Gasteiger partial charge on any atom is 0.317 e. The molecule has 6 nitrogen and oxygen atoms in total. The summed E-state index contributed by atoms with van der Waals surface area (Å²) in [5.74, 6) is 1.91. The van der Waals surface area contributed by atoms with Crippen LogP contribution in [0.1, 0.15) is 0 Å². The minimum atomic E-state index is -0.0309. The van der Waals surface area contributed by atoms with Crippen LogP contribution in [-0.2, 0) is 4.79 Å². The molecule has 0 radical (unpaired) electrons. The van der Waals surface area contributed by atoms with Crippen molar-refractivity contribution in [2.45, 2.75) is 12.1 Å². The van der Waals surface area contributed by atoms with Crippen molar-refractivity contribution in [2.75, 3.05) is 37.8 Å². The highest BCUT2D eigenvalue weighted by molar-refractivity contribution is 7.99. The van der Waals surface area contributed by atoms with E-state index in [9.17, 15) is 9.59 Å². The number of hydrogen-bond donors (Lipinski definition) is 2. The van der Waals surface area contributed by atoms with Gasteiger partial charge in [0, 0.05) is 37.8 Å². The van der Waals surface area contributed by atoms with E-state index in [-0.39, 0.29) is 24.0 Å². The van der Waals surface area contributed by atoms with Crippen LogP contribution in [-0.4, -0.2) is 71.6 Å². The van der Waals surface area contributed by atoms with E-state index in [4.69, 9.17) is 0 Å². The number of piperazine rings is 1. The number of hydrogen-bond acceptors (Lipinski definition) is 4. The van der Waals surface area contributed by atoms with E-state index in [2.05, 4.69) is 10.6 Å². The van der Waals surface area contributed by atoms with Crippen molar-refractivity contribution in [2.24, 2.45) is 0 Å². The van der Waals surface area contributed by atoms with Gasteiger partial charge >= 0.3 is 6.03 Å². The predicted octanol–water partition coefficient (Wildman–Crippen LogP) is -1.12. The van der Waals surface area contributed by atoms with Crippen LogP contribution in [0.3, 0.4) is 0 Å². The monoisotopic (exact) mass is 256 g/mol. The van der Waals surface area contributed by atoms with Crippen molar-refractivity contribution in [3.05, 3.63) is 0 Å². The maximum atomic E-state index is 12.2. The lowest BCUT2D eigenvalue weighted by Gasteiger charge is -2.37. The Labute approximate surface area is 104 Å². The molecule has 17 heavy (non-hydrogen) atoms. The SMILES string of the molecule is O=C(C1CSCN1)N1CCN2C(=O)NCC2C1. The molecule has 3 aliphatic heterocycles. The van der Waals surface area contributed by atoms with Crippen molar-refractivity contribution in [1.29, 1.82) is 0 Å². The fourth-order valence-electron chi connectivity index (χ4n) is 2.58. The quantitative estimate of drug-likeness (QED) is 0.624. The van der Waals surface area contributed by atoms with Crippen LogP contribution in [0.25, 0.3) is 0 Å². The average Bonchev–Trinajstić information content (AvgIpc) is 2.98. The van der Waals surface area contributed by atoms with E-state index in [1.807, 2.05) is 9.80 Å². The van der Waals surface area contributed by atoms with E-state index >= 15 is 0 Å². The summed E-state index contributed by atoms with van der Waals surface area (Å²) in [7, 11) is 0. The van der Waals surface area contributed by atoms with Crippen molar-refractivity contribution >= 4 is 23.7 Å². The normalized spacial score (nSPS) is 32.6. The fourth-order valence-corrected chi connectivity index (χ4v) is 3.51. The molecule has 3 fully saturated rings. The van der Waals surface area contributed by atoms with E-state index in [0.29, 0.717) is 26.2 Å².